The molecule has 2 rings (SSSR count). The molecular weight excluding hydrogens is 360 g/mol. The van der Waals surface area contributed by atoms with Gasteiger partial charge in [0.25, 0.3) is 0 Å². The molecule has 0 radical (unpaired) electrons. The Morgan fingerprint density at radius 2 is 1.91 bits per heavy atom. The molecule has 23 heavy (non-hydrogen) atoms. The molecule has 0 saturated heterocycles. The Morgan fingerprint density at radius 1 is 1.13 bits per heavy atom. The standard InChI is InChI=1S/C18H15BrO4/c19-15-5-2-4-14(12-15)17(20)8-7-13-3-1-6-16(11-13)23-10-9-18(21)22/h1-8,11-12H,9-10H2,(H,21,22). The van der Waals surface area contributed by atoms with E-state index in [9.17, 15) is 9.59 Å². The Morgan fingerprint density at radius 3 is 2.65 bits per heavy atom. The predicted octanol–water partition coefficient (Wildman–Crippen LogP) is 4.20. The Hall–Kier alpha value is -2.40. The third-order valence-electron chi connectivity index (χ3n) is 2.98. The minimum absolute atomic E-state index is 0.0541. The molecule has 0 aromatic heterocycles. The van der Waals surface area contributed by atoms with Crippen LogP contribution in [0.3, 0.4) is 0 Å². The van der Waals surface area contributed by atoms with E-state index in [-0.39, 0.29) is 18.8 Å². The number of hydrogen-bond acceptors (Lipinski definition) is 3. The van der Waals surface area contributed by atoms with Crippen molar-refractivity contribution in [3.05, 3.63) is 70.2 Å². The maximum atomic E-state index is 12.1. The zero-order chi connectivity index (χ0) is 16.7. The molecule has 0 aliphatic heterocycles. The molecule has 0 saturated carbocycles. The van der Waals surface area contributed by atoms with Gasteiger partial charge < -0.3 is 9.84 Å². The van der Waals surface area contributed by atoms with Crippen LogP contribution in [0.25, 0.3) is 6.08 Å². The SMILES string of the molecule is O=C(O)CCOc1cccc(C=CC(=O)c2cccc(Br)c2)c1. The van der Waals surface area contributed by atoms with E-state index in [4.69, 9.17) is 9.84 Å². The van der Waals surface area contributed by atoms with Crippen molar-refractivity contribution >= 4 is 33.8 Å². The number of carboxylic acid groups (broad SMARTS) is 1. The summed E-state index contributed by atoms with van der Waals surface area (Å²) in [5, 5.41) is 8.59. The number of hydrogen-bond donors (Lipinski definition) is 1. The summed E-state index contributed by atoms with van der Waals surface area (Å²) in [6.45, 7) is 0.111. The fourth-order valence-corrected chi connectivity index (χ4v) is 2.27. The van der Waals surface area contributed by atoms with Crippen molar-refractivity contribution in [2.45, 2.75) is 6.42 Å². The zero-order valence-corrected chi connectivity index (χ0v) is 13.8. The summed E-state index contributed by atoms with van der Waals surface area (Å²) in [4.78, 5) is 22.6. The third-order valence-corrected chi connectivity index (χ3v) is 3.47. The van der Waals surface area contributed by atoms with Gasteiger partial charge in [0.05, 0.1) is 13.0 Å². The molecule has 4 nitrogen and oxygen atoms in total. The van der Waals surface area contributed by atoms with Crippen molar-refractivity contribution < 1.29 is 19.4 Å². The molecule has 0 atom stereocenters. The number of halogens is 1. The minimum Gasteiger partial charge on any atom is -0.493 e. The van der Waals surface area contributed by atoms with Gasteiger partial charge in [-0.15, -0.1) is 0 Å². The fourth-order valence-electron chi connectivity index (χ4n) is 1.87. The molecule has 0 aliphatic carbocycles. The largest absolute Gasteiger partial charge is 0.493 e. The van der Waals surface area contributed by atoms with Gasteiger partial charge in [-0.2, -0.15) is 0 Å². The molecule has 0 aliphatic rings. The van der Waals surface area contributed by atoms with Crippen molar-refractivity contribution in [2.75, 3.05) is 6.61 Å². The van der Waals surface area contributed by atoms with E-state index in [1.807, 2.05) is 18.2 Å². The summed E-state index contributed by atoms with van der Waals surface area (Å²) in [5.41, 5.74) is 1.41. The maximum absolute atomic E-state index is 12.1. The van der Waals surface area contributed by atoms with E-state index >= 15 is 0 Å². The molecule has 0 heterocycles. The van der Waals surface area contributed by atoms with E-state index in [2.05, 4.69) is 15.9 Å². The van der Waals surface area contributed by atoms with Crippen LogP contribution in [0, 0.1) is 0 Å². The van der Waals surface area contributed by atoms with Crippen LogP contribution in [-0.2, 0) is 4.79 Å². The van der Waals surface area contributed by atoms with Crippen LogP contribution in [-0.4, -0.2) is 23.5 Å². The first kappa shape index (κ1) is 17.0. The van der Waals surface area contributed by atoms with Gasteiger partial charge in [-0.1, -0.05) is 46.3 Å². The molecule has 1 N–H and O–H groups in total. The number of rotatable bonds is 7. The second-order valence-electron chi connectivity index (χ2n) is 4.77. The Balaban J connectivity index is 2.02. The highest BCUT2D eigenvalue weighted by atomic mass is 79.9. The fraction of sp³-hybridized carbons (Fsp3) is 0.111. The normalized spacial score (nSPS) is 10.7. The predicted molar refractivity (Wildman–Crippen MR) is 91.7 cm³/mol. The molecule has 5 heteroatoms. The Labute approximate surface area is 142 Å². The van der Waals surface area contributed by atoms with Crippen molar-refractivity contribution in [3.8, 4) is 5.75 Å². The second kappa shape index (κ2) is 8.29. The number of carbonyl (C=O) groups is 2. The van der Waals surface area contributed by atoms with E-state index < -0.39 is 5.97 Å². The summed E-state index contributed by atoms with van der Waals surface area (Å²) in [5.74, 6) is -0.424. The first-order valence-electron chi connectivity index (χ1n) is 6.97. The summed E-state index contributed by atoms with van der Waals surface area (Å²) in [7, 11) is 0. The highest BCUT2D eigenvalue weighted by Crippen LogP contribution is 2.16. The summed E-state index contributed by atoms with van der Waals surface area (Å²) >= 11 is 3.34. The third kappa shape index (κ3) is 5.71. The van der Waals surface area contributed by atoms with E-state index in [1.165, 1.54) is 6.08 Å². The highest BCUT2D eigenvalue weighted by molar-refractivity contribution is 9.10. The molecule has 0 spiro atoms. The number of ketones is 1. The highest BCUT2D eigenvalue weighted by Gasteiger charge is 2.02. The summed E-state index contributed by atoms with van der Waals surface area (Å²) in [6.07, 6.45) is 3.15. The van der Waals surface area contributed by atoms with E-state index in [0.29, 0.717) is 11.3 Å². The van der Waals surface area contributed by atoms with Crippen LogP contribution in [0.15, 0.2) is 59.1 Å². The molecule has 2 aromatic rings. The van der Waals surface area contributed by atoms with Crippen LogP contribution in [0.2, 0.25) is 0 Å². The smallest absolute Gasteiger partial charge is 0.306 e. The van der Waals surface area contributed by atoms with Crippen LogP contribution in [0.5, 0.6) is 5.75 Å². The van der Waals surface area contributed by atoms with Crippen LogP contribution >= 0.6 is 15.9 Å². The number of ether oxygens (including phenoxy) is 1. The second-order valence-corrected chi connectivity index (χ2v) is 5.69. The van der Waals surface area contributed by atoms with Crippen molar-refractivity contribution in [1.82, 2.24) is 0 Å². The van der Waals surface area contributed by atoms with Crippen molar-refractivity contribution in [2.24, 2.45) is 0 Å². The number of allylic oxidation sites excluding steroid dienone is 1. The minimum atomic E-state index is -0.902. The lowest BCUT2D eigenvalue weighted by Gasteiger charge is -2.05. The molecule has 0 unspecified atom stereocenters. The first-order chi connectivity index (χ1) is 11.0. The van der Waals surface area contributed by atoms with Gasteiger partial charge in [0.15, 0.2) is 5.78 Å². The summed E-state index contributed by atoms with van der Waals surface area (Å²) < 4.78 is 6.21. The lowest BCUT2D eigenvalue weighted by Crippen LogP contribution is -2.04. The molecule has 118 valence electrons. The van der Waals surface area contributed by atoms with Gasteiger partial charge in [-0.05, 0) is 35.9 Å². The average Bonchev–Trinajstić information content (AvgIpc) is 2.52. The molecule has 2 aromatic carbocycles. The average molecular weight is 375 g/mol. The number of benzene rings is 2. The Kier molecular flexibility index (Phi) is 6.11. The van der Waals surface area contributed by atoms with Crippen LogP contribution in [0.1, 0.15) is 22.3 Å². The van der Waals surface area contributed by atoms with Gasteiger partial charge in [0, 0.05) is 10.0 Å². The Bertz CT molecular complexity index is 737. The zero-order valence-electron chi connectivity index (χ0n) is 12.2. The van der Waals surface area contributed by atoms with Gasteiger partial charge in [-0.3, -0.25) is 9.59 Å². The van der Waals surface area contributed by atoms with Crippen LogP contribution in [0.4, 0.5) is 0 Å². The quantitative estimate of drug-likeness (QED) is 0.582. The van der Waals surface area contributed by atoms with Gasteiger partial charge in [-0.25, -0.2) is 0 Å². The summed E-state index contributed by atoms with van der Waals surface area (Å²) in [6, 6.07) is 14.3. The lowest BCUT2D eigenvalue weighted by molar-refractivity contribution is -0.137. The maximum Gasteiger partial charge on any atom is 0.306 e. The molecular formula is C18H15BrO4. The van der Waals surface area contributed by atoms with Gasteiger partial charge in [0.2, 0.25) is 0 Å². The molecule has 0 fully saturated rings. The van der Waals surface area contributed by atoms with Crippen molar-refractivity contribution in [1.29, 1.82) is 0 Å². The van der Waals surface area contributed by atoms with Gasteiger partial charge in [0.1, 0.15) is 5.75 Å². The number of carbonyl (C=O) groups excluding carboxylic acids is 1. The lowest BCUT2D eigenvalue weighted by atomic mass is 10.1. The topological polar surface area (TPSA) is 63.6 Å². The van der Waals surface area contributed by atoms with E-state index in [1.54, 1.807) is 36.4 Å². The number of carboxylic acids is 1. The van der Waals surface area contributed by atoms with Gasteiger partial charge >= 0.3 is 5.97 Å². The van der Waals surface area contributed by atoms with Crippen molar-refractivity contribution in [3.63, 3.8) is 0 Å². The molecule has 0 amide bonds. The molecule has 0 bridgehead atoms. The monoisotopic (exact) mass is 374 g/mol. The van der Waals surface area contributed by atoms with E-state index in [0.717, 1.165) is 10.0 Å². The number of aliphatic carboxylic acids is 1. The van der Waals surface area contributed by atoms with Crippen LogP contribution < -0.4 is 4.74 Å². The first-order valence-corrected chi connectivity index (χ1v) is 7.76.